The number of alkyl carbamates (subject to hydrolysis) is 1. The van der Waals surface area contributed by atoms with Gasteiger partial charge in [-0.05, 0) is 24.0 Å². The van der Waals surface area contributed by atoms with Gasteiger partial charge in [-0.1, -0.05) is 184 Å². The molecule has 6 atom stereocenters. The van der Waals surface area contributed by atoms with Gasteiger partial charge < -0.3 is 40.3 Å². The highest BCUT2D eigenvalue weighted by atomic mass is 16.6. The molecule has 3 amide bonds. The zero-order valence-electron chi connectivity index (χ0n) is 37.7. The van der Waals surface area contributed by atoms with Crippen LogP contribution in [0.4, 0.5) is 4.79 Å². The number of ether oxygens (including phenoxy) is 2. The van der Waals surface area contributed by atoms with Crippen LogP contribution in [0.15, 0.2) is 60.7 Å². The van der Waals surface area contributed by atoms with Gasteiger partial charge in [-0.3, -0.25) is 20.1 Å². The summed E-state index contributed by atoms with van der Waals surface area (Å²) in [4.78, 5) is 56.5. The molecular weight excluding hydrogens is 789 g/mol. The number of carbonyl (C=O) groups is 4. The van der Waals surface area contributed by atoms with Crippen molar-refractivity contribution in [1.82, 2.24) is 15.5 Å². The highest BCUT2D eigenvalue weighted by Gasteiger charge is 2.58. The molecule has 2 aromatic rings. The smallest absolute Gasteiger partial charge is 0.408 e. The fourth-order valence-electron chi connectivity index (χ4n) is 8.19. The van der Waals surface area contributed by atoms with Crippen LogP contribution < -0.4 is 16.4 Å². The van der Waals surface area contributed by atoms with Crippen molar-refractivity contribution < 1.29 is 44.0 Å². The zero-order chi connectivity index (χ0) is 45.0. The zero-order valence-corrected chi connectivity index (χ0v) is 37.7. The Bertz CT molecular complexity index is 1550. The Balaban J connectivity index is 1.76. The summed E-state index contributed by atoms with van der Waals surface area (Å²) in [6.07, 6.45) is 14.7. The SMILES string of the molecule is CCCCCCCCCCCCN(C(=O)CCCCCCCCCCC)[C@]1(N)O[C@H](CO)[C@@H](O)[C@H](O)[C@H]1C(=O)CNC(=O)[C@H](Cc1ccccc1)NC(=O)OCc1ccccc1. The van der Waals surface area contributed by atoms with Crippen molar-refractivity contribution in [3.05, 3.63) is 71.8 Å². The molecule has 62 heavy (non-hydrogen) atoms. The number of nitrogens with one attached hydrogen (secondary N) is 2. The van der Waals surface area contributed by atoms with Crippen LogP contribution in [0, 0.1) is 5.92 Å². The molecule has 1 saturated heterocycles. The molecular formula is C49H78N4O9. The van der Waals surface area contributed by atoms with Crippen molar-refractivity contribution in [2.75, 3.05) is 19.7 Å². The molecule has 2 aromatic carbocycles. The number of hydrogen-bond acceptors (Lipinski definition) is 10. The molecule has 1 aliphatic rings. The highest BCUT2D eigenvalue weighted by molar-refractivity contribution is 5.92. The molecule has 0 bridgehead atoms. The molecule has 13 nitrogen and oxygen atoms in total. The van der Waals surface area contributed by atoms with E-state index in [1.54, 1.807) is 36.4 Å². The molecule has 0 aliphatic carbocycles. The number of rotatable bonds is 32. The van der Waals surface area contributed by atoms with Gasteiger partial charge in [0.2, 0.25) is 17.7 Å². The second-order valence-corrected chi connectivity index (χ2v) is 17.0. The van der Waals surface area contributed by atoms with Crippen molar-refractivity contribution in [2.45, 2.75) is 185 Å². The molecule has 0 radical (unpaired) electrons. The van der Waals surface area contributed by atoms with Gasteiger partial charge in [0.25, 0.3) is 0 Å². The number of carbonyl (C=O) groups excluding carboxylic acids is 4. The summed E-state index contributed by atoms with van der Waals surface area (Å²) in [5.74, 6) is -5.78. The average molecular weight is 867 g/mol. The van der Waals surface area contributed by atoms with Crippen LogP contribution >= 0.6 is 0 Å². The van der Waals surface area contributed by atoms with Gasteiger partial charge in [0.05, 0.1) is 19.3 Å². The maximum atomic E-state index is 14.3. The summed E-state index contributed by atoms with van der Waals surface area (Å²) in [5.41, 5.74) is 8.51. The monoisotopic (exact) mass is 867 g/mol. The van der Waals surface area contributed by atoms with Gasteiger partial charge in [0.15, 0.2) is 5.78 Å². The first-order valence-electron chi connectivity index (χ1n) is 23.6. The molecule has 1 fully saturated rings. The van der Waals surface area contributed by atoms with Crippen LogP contribution in [0.25, 0.3) is 0 Å². The molecule has 0 saturated carbocycles. The molecule has 3 rings (SSSR count). The van der Waals surface area contributed by atoms with Gasteiger partial charge in [-0.15, -0.1) is 0 Å². The number of ketones is 1. The number of nitrogens with zero attached hydrogens (tertiary/aromatic N) is 1. The van der Waals surface area contributed by atoms with Crippen LogP contribution in [-0.2, 0) is 36.9 Å². The molecule has 13 heteroatoms. The number of aliphatic hydroxyl groups excluding tert-OH is 3. The molecule has 1 heterocycles. The summed E-state index contributed by atoms with van der Waals surface area (Å²) in [6, 6.07) is 17.0. The van der Waals surface area contributed by atoms with E-state index >= 15 is 0 Å². The maximum absolute atomic E-state index is 14.3. The number of nitrogens with two attached hydrogens (primary N) is 1. The first-order valence-corrected chi connectivity index (χ1v) is 23.6. The van der Waals surface area contributed by atoms with Crippen molar-refractivity contribution in [2.24, 2.45) is 11.7 Å². The second-order valence-electron chi connectivity index (χ2n) is 17.0. The average Bonchev–Trinajstić information content (AvgIpc) is 3.27. The Labute approximate surface area is 370 Å². The van der Waals surface area contributed by atoms with E-state index in [1.807, 2.05) is 24.3 Å². The molecule has 0 unspecified atom stereocenters. The Morgan fingerprint density at radius 3 is 1.76 bits per heavy atom. The van der Waals surface area contributed by atoms with Gasteiger partial charge in [0.1, 0.15) is 30.8 Å². The minimum Gasteiger partial charge on any atom is -0.445 e. The third-order valence-corrected chi connectivity index (χ3v) is 11.9. The van der Waals surface area contributed by atoms with E-state index < -0.39 is 67.1 Å². The predicted molar refractivity (Wildman–Crippen MR) is 241 cm³/mol. The fourth-order valence-corrected chi connectivity index (χ4v) is 8.19. The number of aliphatic hydroxyl groups is 3. The van der Waals surface area contributed by atoms with Gasteiger partial charge >= 0.3 is 6.09 Å². The van der Waals surface area contributed by atoms with E-state index in [2.05, 4.69) is 24.5 Å². The van der Waals surface area contributed by atoms with E-state index in [0.717, 1.165) is 62.5 Å². The first kappa shape index (κ1) is 52.5. The maximum Gasteiger partial charge on any atom is 0.408 e. The Morgan fingerprint density at radius 1 is 0.726 bits per heavy atom. The summed E-state index contributed by atoms with van der Waals surface area (Å²) in [6.45, 7) is 3.13. The van der Waals surface area contributed by atoms with Crippen molar-refractivity contribution in [3.8, 4) is 0 Å². The lowest BCUT2D eigenvalue weighted by Crippen LogP contribution is -2.75. The number of unbranched alkanes of at least 4 members (excludes halogenated alkanes) is 17. The molecule has 0 spiro atoms. The van der Waals surface area contributed by atoms with Crippen LogP contribution in [0.3, 0.4) is 0 Å². The van der Waals surface area contributed by atoms with Crippen LogP contribution in [0.5, 0.6) is 0 Å². The predicted octanol–water partition coefficient (Wildman–Crippen LogP) is 7.22. The van der Waals surface area contributed by atoms with Crippen molar-refractivity contribution in [1.29, 1.82) is 0 Å². The van der Waals surface area contributed by atoms with E-state index in [4.69, 9.17) is 15.2 Å². The van der Waals surface area contributed by atoms with Crippen molar-refractivity contribution >= 4 is 23.7 Å². The summed E-state index contributed by atoms with van der Waals surface area (Å²) < 4.78 is 11.5. The van der Waals surface area contributed by atoms with E-state index in [0.29, 0.717) is 12.8 Å². The number of benzene rings is 2. The Morgan fingerprint density at radius 2 is 1.23 bits per heavy atom. The normalized spacial score (nSPS) is 20.3. The Kier molecular flexibility index (Phi) is 25.6. The standard InChI is InChI=1S/C49H78N4O9/c1-3-5-7-9-11-13-15-17-19-27-33-53(43(56)32-26-18-16-14-12-10-8-6-4-2)49(50)44(46(58)45(57)42(36-54)62-49)41(55)35-51-47(59)40(34-38-28-22-20-23-29-38)52-48(60)61-37-39-30-24-21-25-31-39/h20-25,28-31,40,42,44-46,54,57-58H,3-19,26-27,32-37,50H2,1-2H3,(H,51,59)(H,52,60)/t40-,42+,44+,45+,46+,49-/m0/s1. The minimum atomic E-state index is -2.24. The lowest BCUT2D eigenvalue weighted by atomic mass is 9.82. The topological polar surface area (TPSA) is 201 Å². The first-order chi connectivity index (χ1) is 30.0. The van der Waals surface area contributed by atoms with E-state index in [9.17, 15) is 34.5 Å². The van der Waals surface area contributed by atoms with Crippen LogP contribution in [-0.4, -0.2) is 93.8 Å². The molecule has 0 aromatic heterocycles. The van der Waals surface area contributed by atoms with Gasteiger partial charge in [0, 0.05) is 19.4 Å². The number of hydrogen-bond donors (Lipinski definition) is 6. The minimum absolute atomic E-state index is 0.0202. The second kappa shape index (κ2) is 30.2. The summed E-state index contributed by atoms with van der Waals surface area (Å²) in [5, 5.41) is 38.0. The number of amides is 3. The van der Waals surface area contributed by atoms with Crippen LogP contribution in [0.1, 0.15) is 153 Å². The molecule has 348 valence electrons. The van der Waals surface area contributed by atoms with Gasteiger partial charge in [-0.25, -0.2) is 4.79 Å². The third-order valence-electron chi connectivity index (χ3n) is 11.9. The van der Waals surface area contributed by atoms with E-state index in [-0.39, 0.29) is 31.9 Å². The van der Waals surface area contributed by atoms with E-state index in [1.165, 1.54) is 62.7 Å². The quantitative estimate of drug-likeness (QED) is 0.0322. The summed E-state index contributed by atoms with van der Waals surface area (Å²) in [7, 11) is 0. The molecule has 7 N–H and O–H groups in total. The largest absolute Gasteiger partial charge is 0.445 e. The fraction of sp³-hybridized carbons (Fsp3) is 0.673. The van der Waals surface area contributed by atoms with Crippen LogP contribution in [0.2, 0.25) is 0 Å². The third kappa shape index (κ3) is 18.5. The van der Waals surface area contributed by atoms with Crippen molar-refractivity contribution in [3.63, 3.8) is 0 Å². The Hall–Kier alpha value is -3.88. The lowest BCUT2D eigenvalue weighted by Gasteiger charge is -2.52. The number of Topliss-reactive ketones (excluding diaryl/α,β-unsaturated/α-hetero) is 1. The summed E-state index contributed by atoms with van der Waals surface area (Å²) >= 11 is 0. The lowest BCUT2D eigenvalue weighted by molar-refractivity contribution is -0.291. The molecule has 1 aliphatic heterocycles. The highest BCUT2D eigenvalue weighted by Crippen LogP contribution is 2.36. The van der Waals surface area contributed by atoms with Gasteiger partial charge in [-0.2, -0.15) is 0 Å².